The zero-order chi connectivity index (χ0) is 5.41. The Morgan fingerprint density at radius 1 is 0.706 bits per heavy atom. The molecule has 0 fully saturated rings. The van der Waals surface area contributed by atoms with E-state index in [1.54, 1.807) is 0 Å². The van der Waals surface area contributed by atoms with Crippen molar-refractivity contribution < 1.29 is 59.9 Å². The molecule has 0 atom stereocenters. The van der Waals surface area contributed by atoms with Gasteiger partial charge in [-0.2, -0.15) is 0 Å². The molecule has 0 aromatic rings. The number of nitrogens with two attached hydrogens (primary N) is 2. The molecule has 0 saturated carbocycles. The van der Waals surface area contributed by atoms with E-state index in [0.29, 0.717) is 0 Å². The summed E-state index contributed by atoms with van der Waals surface area (Å²) in [4.78, 5) is 0. The first-order valence-corrected chi connectivity index (χ1v) is 1.61. The topological polar surface area (TPSA) is 112 Å². The standard InChI is InChI=1S/7CH4.FH.2H2N2S.H3N.W.Y.H2/c;;;;;;;;2*1-2-3;;;;/h7*1H4;1H;2*(H2,1,3);1H3;;;1H/i;;;;;;;;;;;;;1+1. The van der Waals surface area contributed by atoms with E-state index < -0.39 is 0 Å². The Labute approximate surface area is 162 Å². The van der Waals surface area contributed by atoms with Crippen LogP contribution in [-0.4, -0.2) is 0 Å². The van der Waals surface area contributed by atoms with Crippen LogP contribution in [0.1, 0.15) is 53.4 Å². The zero-order valence-electron chi connectivity index (χ0n) is 4.97. The maximum Gasteiger partial charge on any atom is 0.0623 e. The molecule has 119 valence electrons. The van der Waals surface area contributed by atoms with Crippen molar-refractivity contribution in [3.05, 3.63) is 0 Å². The Balaban J connectivity index is -0.000000000889. The van der Waals surface area contributed by atoms with Crippen LogP contribution in [0.3, 0.4) is 0 Å². The van der Waals surface area contributed by atoms with Crippen LogP contribution in [0.2, 0.25) is 0 Å². The molecule has 0 saturated heterocycles. The predicted octanol–water partition coefficient (Wildman–Crippen LogP) is 4.19. The Hall–Kier alpha value is 1.32. The first-order valence-electron chi connectivity index (χ1n) is 0.882. The van der Waals surface area contributed by atoms with Gasteiger partial charge in [-0.3, -0.25) is 4.70 Å². The molecule has 0 unspecified atom stereocenters. The monoisotopic (exact) mass is 549 g/mol. The Morgan fingerprint density at radius 2 is 0.706 bits per heavy atom. The van der Waals surface area contributed by atoms with Gasteiger partial charge < -0.3 is 17.8 Å². The van der Waals surface area contributed by atoms with Crippen molar-refractivity contribution in [3.8, 4) is 0 Å². The van der Waals surface area contributed by atoms with Gasteiger partial charge >= 0.3 is 0 Å². The number of halogens is 1. The van der Waals surface area contributed by atoms with E-state index in [1.807, 2.05) is 0 Å². The van der Waals surface area contributed by atoms with Gasteiger partial charge in [-0.05, 0) is 0 Å². The molecular formula is C7H38FN5S2WY. The van der Waals surface area contributed by atoms with Crippen LogP contribution in [0.5, 0.6) is 0 Å². The van der Waals surface area contributed by atoms with Gasteiger partial charge in [-0.15, -0.1) is 8.94 Å². The molecule has 0 rings (SSSR count). The number of hydrogen-bond acceptors (Lipinski definition) is 5. The van der Waals surface area contributed by atoms with Crippen molar-refractivity contribution in [1.29, 1.82) is 0 Å². The molecule has 0 amide bonds. The quantitative estimate of drug-likeness (QED) is 0.310. The molecule has 17 heavy (non-hydrogen) atoms. The molecule has 0 aromatic carbocycles. The first kappa shape index (κ1) is 194. The summed E-state index contributed by atoms with van der Waals surface area (Å²) < 4.78 is 5.17. The predicted molar refractivity (Wildman–Crippen MR) is 84.7 cm³/mol. The van der Waals surface area contributed by atoms with Crippen LogP contribution >= 0.6 is 0 Å². The molecule has 0 aliphatic carbocycles. The van der Waals surface area contributed by atoms with E-state index in [0.717, 1.165) is 0 Å². The summed E-state index contributed by atoms with van der Waals surface area (Å²) in [5.41, 5.74) is 0. The van der Waals surface area contributed by atoms with Gasteiger partial charge in [0.05, 0.1) is 24.9 Å². The summed E-state index contributed by atoms with van der Waals surface area (Å²) >= 11 is 7.59. The maximum atomic E-state index is 4.29. The van der Waals surface area contributed by atoms with Crippen molar-refractivity contribution in [2.45, 2.75) is 52.0 Å². The molecule has 0 aromatic heterocycles. The van der Waals surface area contributed by atoms with Crippen molar-refractivity contribution in [3.63, 3.8) is 0 Å². The average Bonchev–Trinajstić information content (AvgIpc) is 1.39. The number of rotatable bonds is 0. The van der Waals surface area contributed by atoms with E-state index in [-0.39, 0.29) is 118 Å². The van der Waals surface area contributed by atoms with E-state index in [2.05, 4.69) is 45.5 Å². The van der Waals surface area contributed by atoms with Crippen LogP contribution in [0.25, 0.3) is 0 Å². The summed E-state index contributed by atoms with van der Waals surface area (Å²) in [5, 5.41) is 0. The van der Waals surface area contributed by atoms with Crippen LogP contribution in [0, 0.1) is 0 Å². The molecule has 0 aliphatic heterocycles. The van der Waals surface area contributed by atoms with E-state index in [1.165, 1.54) is 0 Å². The number of nitrogens with zero attached hydrogens (tertiary/aromatic N) is 2. The van der Waals surface area contributed by atoms with Gasteiger partial charge in [0.25, 0.3) is 0 Å². The molecular weight excluding hydrogens is 510 g/mol. The molecule has 5 nitrogen and oxygen atoms in total. The third-order valence-corrected chi connectivity index (χ3v) is 0. The SMILES string of the molecule is C.C.C.C.C.C.C.F.N.NN=S.NN=S.[2HH].[W].[Y]. The summed E-state index contributed by atoms with van der Waals surface area (Å²) in [7, 11) is 0. The normalized spacial score (nSPS) is 1.41. The third kappa shape index (κ3) is 2330. The minimum absolute atomic E-state index is 0. The van der Waals surface area contributed by atoms with Gasteiger partial charge in [-0.1, -0.05) is 52.0 Å². The van der Waals surface area contributed by atoms with E-state index >= 15 is 0 Å². The third-order valence-electron chi connectivity index (χ3n) is 0. The minimum atomic E-state index is 0. The fourth-order valence-electron chi connectivity index (χ4n) is 0. The fraction of sp³-hybridized carbons (Fsp3) is 1.00. The molecule has 0 spiro atoms. The van der Waals surface area contributed by atoms with Crippen LogP contribution in [0.15, 0.2) is 8.94 Å². The Kier molecular flexibility index (Phi) is 4770. The van der Waals surface area contributed by atoms with Gasteiger partial charge in [0.1, 0.15) is 0 Å². The minimum Gasteiger partial charge on any atom is -0.344 e. The second-order valence-corrected chi connectivity index (χ2v) is 0.632. The largest absolute Gasteiger partial charge is 0.344 e. The van der Waals surface area contributed by atoms with Crippen LogP contribution < -0.4 is 17.8 Å². The van der Waals surface area contributed by atoms with Crippen LogP contribution in [0.4, 0.5) is 4.70 Å². The number of hydrogen-bond donors (Lipinski definition) is 3. The Bertz CT molecular complexity index is 62.8. The van der Waals surface area contributed by atoms with E-state index in [9.17, 15) is 0 Å². The molecule has 0 heterocycles. The van der Waals surface area contributed by atoms with Crippen molar-refractivity contribution in [2.24, 2.45) is 20.6 Å². The maximum absolute atomic E-state index is 4.29. The van der Waals surface area contributed by atoms with Crippen molar-refractivity contribution in [2.75, 3.05) is 0 Å². The van der Waals surface area contributed by atoms with Crippen molar-refractivity contribution in [1.82, 2.24) is 6.15 Å². The second-order valence-electron chi connectivity index (χ2n) is 0.211. The molecule has 10 heteroatoms. The fourth-order valence-corrected chi connectivity index (χ4v) is 0. The Morgan fingerprint density at radius 3 is 0.706 bits per heavy atom. The van der Waals surface area contributed by atoms with Gasteiger partial charge in [0.2, 0.25) is 0 Å². The molecule has 0 bridgehead atoms. The summed E-state index contributed by atoms with van der Waals surface area (Å²) in [5.74, 6) is 8.57. The summed E-state index contributed by atoms with van der Waals surface area (Å²) in [6.07, 6.45) is 0. The molecule has 0 aliphatic rings. The second kappa shape index (κ2) is 418. The van der Waals surface area contributed by atoms with Crippen LogP contribution in [-0.2, 0) is 78.6 Å². The van der Waals surface area contributed by atoms with E-state index in [4.69, 9.17) is 0 Å². The van der Waals surface area contributed by atoms with Gasteiger partial charge in [0.15, 0.2) is 0 Å². The first-order chi connectivity index (χ1) is 2.83. The van der Waals surface area contributed by atoms with Gasteiger partial charge in [0, 0.05) is 55.2 Å². The average molecular weight is 549 g/mol. The zero-order valence-corrected chi connectivity index (χ0v) is 12.4. The molecule has 7 N–H and O–H groups in total. The summed E-state index contributed by atoms with van der Waals surface area (Å²) in [6, 6.07) is 0. The van der Waals surface area contributed by atoms with Crippen molar-refractivity contribution >= 4 is 24.9 Å². The van der Waals surface area contributed by atoms with Gasteiger partial charge in [-0.25, -0.2) is 0 Å². The smallest absolute Gasteiger partial charge is 0.0623 e. The summed E-state index contributed by atoms with van der Waals surface area (Å²) in [6.45, 7) is 0. The molecule has 1 radical (unpaired) electrons.